The van der Waals surface area contributed by atoms with Gasteiger partial charge in [0.05, 0.1) is 22.4 Å². The zero-order chi connectivity index (χ0) is 15.0. The molecule has 1 heterocycles. The van der Waals surface area contributed by atoms with Crippen molar-refractivity contribution in [2.24, 2.45) is 0 Å². The van der Waals surface area contributed by atoms with Gasteiger partial charge in [-0.25, -0.2) is 4.90 Å². The molecule has 0 spiro atoms. The number of carbonyl (C=O) groups is 3. The van der Waals surface area contributed by atoms with Gasteiger partial charge in [0.2, 0.25) is 0 Å². The van der Waals surface area contributed by atoms with Gasteiger partial charge in [0, 0.05) is 5.56 Å². The number of nitriles is 1. The molecule has 0 saturated heterocycles. The number of imide groups is 1. The molecule has 0 saturated carbocycles. The maximum absolute atomic E-state index is 12.4. The van der Waals surface area contributed by atoms with Crippen LogP contribution in [-0.2, 0) is 0 Å². The quantitative estimate of drug-likeness (QED) is 0.622. The van der Waals surface area contributed by atoms with E-state index in [1.54, 1.807) is 24.3 Å². The van der Waals surface area contributed by atoms with Gasteiger partial charge in [-0.05, 0) is 30.3 Å². The smallest absolute Gasteiger partial charge is 0.266 e. The number of anilines is 1. The fraction of sp³-hybridized carbons (Fsp3) is 0. The monoisotopic (exact) mass is 276 g/mol. The highest BCUT2D eigenvalue weighted by Crippen LogP contribution is 2.30. The molecule has 0 N–H and O–H groups in total. The Balaban J connectivity index is 2.16. The average molecular weight is 276 g/mol. The van der Waals surface area contributed by atoms with E-state index in [0.717, 1.165) is 4.90 Å². The predicted molar refractivity (Wildman–Crippen MR) is 74.1 cm³/mol. The van der Waals surface area contributed by atoms with Crippen molar-refractivity contribution < 1.29 is 14.4 Å². The summed E-state index contributed by atoms with van der Waals surface area (Å²) in [5.74, 6) is -0.933. The number of benzene rings is 2. The van der Waals surface area contributed by atoms with Gasteiger partial charge in [0.15, 0.2) is 0 Å². The Labute approximate surface area is 120 Å². The van der Waals surface area contributed by atoms with Gasteiger partial charge in [0.25, 0.3) is 11.8 Å². The van der Waals surface area contributed by atoms with Crippen molar-refractivity contribution in [3.63, 3.8) is 0 Å². The van der Waals surface area contributed by atoms with Crippen molar-refractivity contribution in [3.05, 3.63) is 64.7 Å². The van der Waals surface area contributed by atoms with Gasteiger partial charge < -0.3 is 0 Å². The molecule has 2 aromatic rings. The van der Waals surface area contributed by atoms with Crippen molar-refractivity contribution in [1.29, 1.82) is 5.26 Å². The second-order valence-corrected chi connectivity index (χ2v) is 4.50. The van der Waals surface area contributed by atoms with E-state index in [-0.39, 0.29) is 11.3 Å². The highest BCUT2D eigenvalue weighted by atomic mass is 16.2. The van der Waals surface area contributed by atoms with Crippen LogP contribution < -0.4 is 4.90 Å². The van der Waals surface area contributed by atoms with Crippen LogP contribution in [0.5, 0.6) is 0 Å². The maximum Gasteiger partial charge on any atom is 0.266 e. The minimum Gasteiger partial charge on any atom is -0.298 e. The van der Waals surface area contributed by atoms with Crippen molar-refractivity contribution in [1.82, 2.24) is 0 Å². The molecule has 0 aromatic heterocycles. The molecule has 0 unspecified atom stereocenters. The number of hydrogen-bond acceptors (Lipinski definition) is 4. The average Bonchev–Trinajstić information content (AvgIpc) is 2.79. The number of fused-ring (bicyclic) bond motifs is 1. The lowest BCUT2D eigenvalue weighted by Crippen LogP contribution is -2.30. The van der Waals surface area contributed by atoms with E-state index in [9.17, 15) is 19.6 Å². The van der Waals surface area contributed by atoms with Crippen LogP contribution in [0.15, 0.2) is 42.5 Å². The van der Waals surface area contributed by atoms with Gasteiger partial charge in [0.1, 0.15) is 12.4 Å². The number of aldehydes is 1. The molecule has 5 nitrogen and oxygen atoms in total. The summed E-state index contributed by atoms with van der Waals surface area (Å²) >= 11 is 0. The Morgan fingerprint density at radius 2 is 1.62 bits per heavy atom. The SMILES string of the molecule is N#Cc1cc(C=O)ccc1N1C(=O)c2ccccc2C1=O. The molecular formula is C16H8N2O3. The summed E-state index contributed by atoms with van der Waals surface area (Å²) in [6, 6.07) is 12.7. The lowest BCUT2D eigenvalue weighted by atomic mass is 10.1. The predicted octanol–water partition coefficient (Wildman–Crippen LogP) is 2.17. The number of amides is 2. The molecule has 0 fully saturated rings. The molecule has 21 heavy (non-hydrogen) atoms. The summed E-state index contributed by atoms with van der Waals surface area (Å²) in [4.78, 5) is 36.4. The van der Waals surface area contributed by atoms with Crippen LogP contribution >= 0.6 is 0 Å². The number of nitrogens with zero attached hydrogens (tertiary/aromatic N) is 2. The highest BCUT2D eigenvalue weighted by Gasteiger charge is 2.37. The molecule has 2 amide bonds. The van der Waals surface area contributed by atoms with Crippen molar-refractivity contribution in [3.8, 4) is 6.07 Å². The van der Waals surface area contributed by atoms with Crippen molar-refractivity contribution in [2.45, 2.75) is 0 Å². The van der Waals surface area contributed by atoms with E-state index in [1.807, 2.05) is 6.07 Å². The first-order valence-electron chi connectivity index (χ1n) is 6.14. The van der Waals surface area contributed by atoms with E-state index in [2.05, 4.69) is 0 Å². The maximum atomic E-state index is 12.4. The molecule has 3 rings (SSSR count). The molecular weight excluding hydrogens is 268 g/mol. The van der Waals surface area contributed by atoms with Gasteiger partial charge in [-0.3, -0.25) is 14.4 Å². The fourth-order valence-electron chi connectivity index (χ4n) is 2.32. The molecule has 0 aliphatic carbocycles. The van der Waals surface area contributed by atoms with Gasteiger partial charge in [-0.1, -0.05) is 12.1 Å². The molecule has 0 radical (unpaired) electrons. The first-order valence-corrected chi connectivity index (χ1v) is 6.14. The Kier molecular flexibility index (Phi) is 2.85. The van der Waals surface area contributed by atoms with E-state index in [1.165, 1.54) is 18.2 Å². The molecule has 5 heteroatoms. The van der Waals surface area contributed by atoms with Crippen LogP contribution in [-0.4, -0.2) is 18.1 Å². The van der Waals surface area contributed by atoms with E-state index < -0.39 is 11.8 Å². The summed E-state index contributed by atoms with van der Waals surface area (Å²) in [6.07, 6.45) is 0.604. The molecule has 1 aliphatic heterocycles. The minimum absolute atomic E-state index is 0.106. The zero-order valence-electron chi connectivity index (χ0n) is 10.7. The first kappa shape index (κ1) is 12.8. The number of carbonyl (C=O) groups excluding carboxylic acids is 3. The van der Waals surface area contributed by atoms with Gasteiger partial charge in [-0.15, -0.1) is 0 Å². The summed E-state index contributed by atoms with van der Waals surface area (Å²) in [5.41, 5.74) is 1.23. The lowest BCUT2D eigenvalue weighted by Gasteiger charge is -2.15. The number of hydrogen-bond donors (Lipinski definition) is 0. The number of rotatable bonds is 2. The first-order chi connectivity index (χ1) is 10.2. The molecule has 0 atom stereocenters. The zero-order valence-corrected chi connectivity index (χ0v) is 10.7. The van der Waals surface area contributed by atoms with Crippen molar-refractivity contribution in [2.75, 3.05) is 4.90 Å². The third kappa shape index (κ3) is 1.82. The molecule has 100 valence electrons. The van der Waals surface area contributed by atoms with E-state index in [0.29, 0.717) is 23.0 Å². The van der Waals surface area contributed by atoms with Crippen LogP contribution in [0.1, 0.15) is 36.6 Å². The standard InChI is InChI=1S/C16H8N2O3/c17-8-11-7-10(9-19)5-6-14(11)18-15(20)12-3-1-2-4-13(12)16(18)21/h1-7,9H. The van der Waals surface area contributed by atoms with Crippen LogP contribution in [0.25, 0.3) is 0 Å². The van der Waals surface area contributed by atoms with Gasteiger partial charge >= 0.3 is 0 Å². The summed E-state index contributed by atoms with van der Waals surface area (Å²) in [7, 11) is 0. The van der Waals surface area contributed by atoms with Crippen LogP contribution in [0.3, 0.4) is 0 Å². The van der Waals surface area contributed by atoms with Crippen LogP contribution in [0.4, 0.5) is 5.69 Å². The summed E-state index contributed by atoms with van der Waals surface area (Å²) < 4.78 is 0. The Hall–Kier alpha value is -3.26. The fourth-order valence-corrected chi connectivity index (χ4v) is 2.32. The summed E-state index contributed by atoms with van der Waals surface area (Å²) in [5, 5.41) is 9.17. The Morgan fingerprint density at radius 3 is 2.14 bits per heavy atom. The third-order valence-corrected chi connectivity index (χ3v) is 3.31. The highest BCUT2D eigenvalue weighted by molar-refractivity contribution is 6.34. The Bertz CT molecular complexity index is 799. The third-order valence-electron chi connectivity index (χ3n) is 3.31. The van der Waals surface area contributed by atoms with E-state index >= 15 is 0 Å². The van der Waals surface area contributed by atoms with Crippen LogP contribution in [0, 0.1) is 11.3 Å². The largest absolute Gasteiger partial charge is 0.298 e. The van der Waals surface area contributed by atoms with Crippen molar-refractivity contribution >= 4 is 23.8 Å². The summed E-state index contributed by atoms with van der Waals surface area (Å²) in [6.45, 7) is 0. The van der Waals surface area contributed by atoms with Crippen LogP contribution in [0.2, 0.25) is 0 Å². The topological polar surface area (TPSA) is 78.2 Å². The molecule has 2 aromatic carbocycles. The van der Waals surface area contributed by atoms with E-state index in [4.69, 9.17) is 0 Å². The second-order valence-electron chi connectivity index (χ2n) is 4.50. The normalized spacial score (nSPS) is 13.0. The minimum atomic E-state index is -0.467. The lowest BCUT2D eigenvalue weighted by molar-refractivity contribution is 0.0925. The molecule has 1 aliphatic rings. The second kappa shape index (κ2) is 4.69. The Morgan fingerprint density at radius 1 is 1.00 bits per heavy atom. The molecule has 0 bridgehead atoms. The van der Waals surface area contributed by atoms with Gasteiger partial charge in [-0.2, -0.15) is 5.26 Å².